The zero-order chi connectivity index (χ0) is 25.5. The molecule has 1 saturated heterocycles. The average Bonchev–Trinajstić information content (AvgIpc) is 3.67. The van der Waals surface area contributed by atoms with Crippen LogP contribution in [0, 0.1) is 17.5 Å². The van der Waals surface area contributed by atoms with Crippen LogP contribution in [-0.2, 0) is 0 Å². The summed E-state index contributed by atoms with van der Waals surface area (Å²) in [5.41, 5.74) is 0.615. The Bertz CT molecular complexity index is 1430. The molecule has 4 aromatic rings. The Morgan fingerprint density at radius 1 is 1.08 bits per heavy atom. The standard InChI is InChI=1S/C25H25F3N8O/c26-15-5-8-19(27)17(12-15)20-2-1-10-35(20)21-9-11-36-23(22(21)28)18(13-29-36)25(37)30-16-6-3-14(4-7-16)24-31-33-34-32-24/h5,8-9,11-14,16,20H,1-4,6-7,10H2,(H,30,37)(H,31,32,33,34)/t14-,16-,20-/m1/s1. The zero-order valence-electron chi connectivity index (χ0n) is 19.9. The summed E-state index contributed by atoms with van der Waals surface area (Å²) in [4.78, 5) is 14.9. The quantitative estimate of drug-likeness (QED) is 0.420. The van der Waals surface area contributed by atoms with Crippen LogP contribution in [0.2, 0.25) is 0 Å². The summed E-state index contributed by atoms with van der Waals surface area (Å²) in [5.74, 6) is -1.11. The SMILES string of the molecule is O=C(N[C@H]1CC[C@H](c2nnn[nH]2)CC1)c1cnn2ccc(N3CCC[C@@H]3c3cc(F)ccc3F)c(F)c12. The Hall–Kier alpha value is -3.96. The molecule has 1 aromatic carbocycles. The number of carbonyl (C=O) groups excluding carboxylic acids is 1. The second kappa shape index (κ2) is 9.49. The Balaban J connectivity index is 1.24. The molecule has 2 aliphatic rings. The van der Waals surface area contributed by atoms with E-state index in [0.717, 1.165) is 43.6 Å². The molecule has 4 heterocycles. The Morgan fingerprint density at radius 2 is 1.92 bits per heavy atom. The number of hydrogen-bond donors (Lipinski definition) is 2. The minimum atomic E-state index is -0.615. The molecule has 1 aliphatic heterocycles. The molecule has 12 heteroatoms. The van der Waals surface area contributed by atoms with E-state index in [1.165, 1.54) is 16.8 Å². The third-order valence-electron chi connectivity index (χ3n) is 7.54. The number of halogens is 3. The molecular weight excluding hydrogens is 485 g/mol. The molecule has 0 unspecified atom stereocenters. The maximum absolute atomic E-state index is 16.0. The van der Waals surface area contributed by atoms with Gasteiger partial charge in [-0.1, -0.05) is 0 Å². The smallest absolute Gasteiger partial charge is 0.255 e. The van der Waals surface area contributed by atoms with Crippen molar-refractivity contribution in [2.75, 3.05) is 11.4 Å². The zero-order valence-corrected chi connectivity index (χ0v) is 19.9. The van der Waals surface area contributed by atoms with Crippen LogP contribution in [0.25, 0.3) is 5.52 Å². The molecule has 2 N–H and O–H groups in total. The van der Waals surface area contributed by atoms with E-state index in [1.807, 2.05) is 0 Å². The monoisotopic (exact) mass is 510 g/mol. The van der Waals surface area contributed by atoms with Gasteiger partial charge in [0.2, 0.25) is 0 Å². The van der Waals surface area contributed by atoms with Crippen molar-refractivity contribution in [1.29, 1.82) is 0 Å². The molecule has 1 atom stereocenters. The molecule has 3 aromatic heterocycles. The van der Waals surface area contributed by atoms with E-state index >= 15 is 4.39 Å². The van der Waals surface area contributed by atoms with Crippen molar-refractivity contribution < 1.29 is 18.0 Å². The molecule has 6 rings (SSSR count). The molecule has 0 radical (unpaired) electrons. The number of aromatic nitrogens is 6. The van der Waals surface area contributed by atoms with Crippen molar-refractivity contribution in [1.82, 2.24) is 35.6 Å². The number of aromatic amines is 1. The minimum absolute atomic E-state index is 0.0558. The van der Waals surface area contributed by atoms with Crippen molar-refractivity contribution >= 4 is 17.1 Å². The van der Waals surface area contributed by atoms with Gasteiger partial charge in [-0.3, -0.25) is 4.79 Å². The highest BCUT2D eigenvalue weighted by molar-refractivity contribution is 6.01. The predicted octanol–water partition coefficient (Wildman–Crippen LogP) is 4.06. The van der Waals surface area contributed by atoms with Crippen LogP contribution in [0.4, 0.5) is 18.9 Å². The van der Waals surface area contributed by atoms with E-state index in [1.54, 1.807) is 17.2 Å². The molecular formula is C25H25F3N8O. The number of rotatable bonds is 5. The number of tetrazole rings is 1. The second-order valence-corrected chi connectivity index (χ2v) is 9.69. The maximum Gasteiger partial charge on any atom is 0.255 e. The van der Waals surface area contributed by atoms with E-state index in [-0.39, 0.29) is 34.3 Å². The molecule has 2 fully saturated rings. The highest BCUT2D eigenvalue weighted by atomic mass is 19.1. The number of benzene rings is 1. The lowest BCUT2D eigenvalue weighted by molar-refractivity contribution is 0.0927. The number of H-pyrrole nitrogens is 1. The maximum atomic E-state index is 16.0. The summed E-state index contributed by atoms with van der Waals surface area (Å²) in [7, 11) is 0. The van der Waals surface area contributed by atoms with Crippen LogP contribution in [0.15, 0.2) is 36.7 Å². The fourth-order valence-corrected chi connectivity index (χ4v) is 5.68. The van der Waals surface area contributed by atoms with Crippen molar-refractivity contribution in [3.05, 3.63) is 71.1 Å². The van der Waals surface area contributed by atoms with Gasteiger partial charge in [-0.05, 0) is 73.2 Å². The topological polar surface area (TPSA) is 104 Å². The van der Waals surface area contributed by atoms with E-state index < -0.39 is 29.4 Å². The van der Waals surface area contributed by atoms with Crippen LogP contribution >= 0.6 is 0 Å². The van der Waals surface area contributed by atoms with Gasteiger partial charge < -0.3 is 10.2 Å². The van der Waals surface area contributed by atoms with Gasteiger partial charge >= 0.3 is 0 Å². The van der Waals surface area contributed by atoms with Crippen molar-refractivity contribution in [3.8, 4) is 0 Å². The fraction of sp³-hybridized carbons (Fsp3) is 0.400. The average molecular weight is 511 g/mol. The number of amides is 1. The number of nitrogens with zero attached hydrogens (tertiary/aromatic N) is 6. The third kappa shape index (κ3) is 4.30. The van der Waals surface area contributed by atoms with E-state index in [2.05, 4.69) is 31.0 Å². The van der Waals surface area contributed by atoms with Crippen LogP contribution in [0.3, 0.4) is 0 Å². The number of hydrogen-bond acceptors (Lipinski definition) is 6. The minimum Gasteiger partial charge on any atom is -0.362 e. The molecule has 1 amide bonds. The summed E-state index contributed by atoms with van der Waals surface area (Å²) >= 11 is 0. The molecule has 1 aliphatic carbocycles. The Kier molecular flexibility index (Phi) is 6.01. The summed E-state index contributed by atoms with van der Waals surface area (Å²) < 4.78 is 45.7. The van der Waals surface area contributed by atoms with Crippen LogP contribution < -0.4 is 10.2 Å². The normalized spacial score (nSPS) is 22.0. The van der Waals surface area contributed by atoms with Crippen LogP contribution in [0.1, 0.15) is 72.2 Å². The molecule has 0 spiro atoms. The number of carbonyl (C=O) groups is 1. The lowest BCUT2D eigenvalue weighted by Crippen LogP contribution is -2.37. The first-order valence-corrected chi connectivity index (χ1v) is 12.4. The lowest BCUT2D eigenvalue weighted by atomic mass is 9.85. The highest BCUT2D eigenvalue weighted by Crippen LogP contribution is 2.39. The van der Waals surface area contributed by atoms with Gasteiger partial charge in [0, 0.05) is 30.3 Å². The first-order chi connectivity index (χ1) is 18.0. The molecule has 192 valence electrons. The first kappa shape index (κ1) is 23.4. The largest absolute Gasteiger partial charge is 0.362 e. The van der Waals surface area contributed by atoms with E-state index in [0.29, 0.717) is 19.4 Å². The Labute approximate surface area is 210 Å². The molecule has 1 saturated carbocycles. The predicted molar refractivity (Wildman–Crippen MR) is 127 cm³/mol. The molecule has 9 nitrogen and oxygen atoms in total. The lowest BCUT2D eigenvalue weighted by Gasteiger charge is -2.28. The van der Waals surface area contributed by atoms with E-state index in [9.17, 15) is 13.6 Å². The number of anilines is 1. The van der Waals surface area contributed by atoms with Crippen molar-refractivity contribution in [2.45, 2.75) is 56.5 Å². The summed E-state index contributed by atoms with van der Waals surface area (Å²) in [5, 5.41) is 21.2. The van der Waals surface area contributed by atoms with Gasteiger partial charge in [0.15, 0.2) is 11.6 Å². The summed E-state index contributed by atoms with van der Waals surface area (Å²) in [6.45, 7) is 0.479. The first-order valence-electron chi connectivity index (χ1n) is 12.4. The Morgan fingerprint density at radius 3 is 2.70 bits per heavy atom. The summed E-state index contributed by atoms with van der Waals surface area (Å²) in [6, 6.07) is 4.32. The van der Waals surface area contributed by atoms with Crippen molar-refractivity contribution in [3.63, 3.8) is 0 Å². The molecule has 37 heavy (non-hydrogen) atoms. The van der Waals surface area contributed by atoms with Crippen LogP contribution in [0.5, 0.6) is 0 Å². The second-order valence-electron chi connectivity index (χ2n) is 9.69. The van der Waals surface area contributed by atoms with Gasteiger partial charge in [0.05, 0.1) is 23.5 Å². The number of pyridine rings is 1. The van der Waals surface area contributed by atoms with Crippen LogP contribution in [-0.4, -0.2) is 48.7 Å². The highest BCUT2D eigenvalue weighted by Gasteiger charge is 2.32. The third-order valence-corrected chi connectivity index (χ3v) is 7.54. The number of fused-ring (bicyclic) bond motifs is 1. The van der Waals surface area contributed by atoms with E-state index in [4.69, 9.17) is 0 Å². The molecule has 0 bridgehead atoms. The van der Waals surface area contributed by atoms with Gasteiger partial charge in [-0.25, -0.2) is 22.8 Å². The van der Waals surface area contributed by atoms with Gasteiger partial charge in [0.25, 0.3) is 5.91 Å². The number of nitrogens with one attached hydrogen (secondary N) is 2. The van der Waals surface area contributed by atoms with Gasteiger partial charge in [0.1, 0.15) is 17.2 Å². The van der Waals surface area contributed by atoms with Gasteiger partial charge in [-0.2, -0.15) is 5.10 Å². The van der Waals surface area contributed by atoms with Gasteiger partial charge in [-0.15, -0.1) is 5.10 Å². The fourth-order valence-electron chi connectivity index (χ4n) is 5.68. The van der Waals surface area contributed by atoms with Crippen molar-refractivity contribution in [2.24, 2.45) is 0 Å². The summed E-state index contributed by atoms with van der Waals surface area (Å²) in [6.07, 6.45) is 7.34.